The highest BCUT2D eigenvalue weighted by atomic mass is 35.5. The van der Waals surface area contributed by atoms with E-state index in [0.717, 1.165) is 21.9 Å². The van der Waals surface area contributed by atoms with Gasteiger partial charge in [0.15, 0.2) is 0 Å². The number of alkyl halides is 1. The van der Waals surface area contributed by atoms with Gasteiger partial charge in [-0.2, -0.15) is 16.1 Å². The zero-order chi connectivity index (χ0) is 12.5. The third kappa shape index (κ3) is 2.66. The third-order valence-electron chi connectivity index (χ3n) is 2.68. The topological polar surface area (TPSA) is 37.4 Å². The van der Waals surface area contributed by atoms with E-state index in [4.69, 9.17) is 11.6 Å². The molecule has 1 aromatic heterocycles. The van der Waals surface area contributed by atoms with Crippen molar-refractivity contribution in [3.63, 3.8) is 0 Å². The van der Waals surface area contributed by atoms with E-state index in [1.807, 2.05) is 12.3 Å². The number of aryl methyl sites for hydroxylation is 1. The Morgan fingerprint density at radius 3 is 2.65 bits per heavy atom. The zero-order valence-electron chi connectivity index (χ0n) is 9.48. The van der Waals surface area contributed by atoms with Gasteiger partial charge in [0.05, 0.1) is 5.88 Å². The van der Waals surface area contributed by atoms with E-state index < -0.39 is 10.0 Å². The van der Waals surface area contributed by atoms with Crippen molar-refractivity contribution in [1.82, 2.24) is 4.31 Å². The normalized spacial score (nSPS) is 18.5. The van der Waals surface area contributed by atoms with Gasteiger partial charge in [-0.15, -0.1) is 22.9 Å². The van der Waals surface area contributed by atoms with Crippen molar-refractivity contribution in [3.05, 3.63) is 15.8 Å². The van der Waals surface area contributed by atoms with Crippen molar-refractivity contribution in [1.29, 1.82) is 0 Å². The summed E-state index contributed by atoms with van der Waals surface area (Å²) in [5, 5.41) is 1.86. The second kappa shape index (κ2) is 5.48. The Balaban J connectivity index is 2.39. The second-order valence-corrected chi connectivity index (χ2v) is 8.15. The highest BCUT2D eigenvalue weighted by Crippen LogP contribution is 2.31. The molecule has 1 saturated heterocycles. The lowest BCUT2D eigenvalue weighted by Gasteiger charge is -2.26. The Hall–Kier alpha value is 0.250. The third-order valence-corrected chi connectivity index (χ3v) is 7.41. The molecule has 3 nitrogen and oxygen atoms in total. The highest BCUT2D eigenvalue weighted by molar-refractivity contribution is 7.99. The van der Waals surface area contributed by atoms with Crippen LogP contribution in [0.25, 0.3) is 0 Å². The van der Waals surface area contributed by atoms with Gasteiger partial charge in [0.2, 0.25) is 10.0 Å². The molecule has 96 valence electrons. The summed E-state index contributed by atoms with van der Waals surface area (Å²) in [6, 6.07) is 0. The van der Waals surface area contributed by atoms with E-state index in [1.165, 1.54) is 11.3 Å². The summed E-state index contributed by atoms with van der Waals surface area (Å²) in [5.74, 6) is 2.01. The molecule has 2 heterocycles. The molecule has 0 unspecified atom stereocenters. The number of sulfonamides is 1. The summed E-state index contributed by atoms with van der Waals surface area (Å²) in [7, 11) is -3.35. The molecule has 0 aromatic carbocycles. The summed E-state index contributed by atoms with van der Waals surface area (Å²) in [6.45, 7) is 3.03. The molecular formula is C10H14ClNO2S3. The van der Waals surface area contributed by atoms with E-state index >= 15 is 0 Å². The maximum atomic E-state index is 12.5. The summed E-state index contributed by atoms with van der Waals surface area (Å²) in [6.07, 6.45) is 0. The van der Waals surface area contributed by atoms with Crippen LogP contribution in [0.5, 0.6) is 0 Å². The molecule has 0 bridgehead atoms. The van der Waals surface area contributed by atoms with E-state index in [1.54, 1.807) is 16.1 Å². The monoisotopic (exact) mass is 311 g/mol. The number of halogens is 1. The largest absolute Gasteiger partial charge is 0.244 e. The molecule has 0 atom stereocenters. The van der Waals surface area contributed by atoms with Crippen LogP contribution in [-0.2, 0) is 15.9 Å². The van der Waals surface area contributed by atoms with E-state index in [2.05, 4.69) is 0 Å². The Morgan fingerprint density at radius 1 is 1.41 bits per heavy atom. The minimum atomic E-state index is -3.35. The molecule has 1 aromatic rings. The molecule has 1 aliphatic heterocycles. The van der Waals surface area contributed by atoms with Crippen molar-refractivity contribution in [2.45, 2.75) is 17.7 Å². The lowest BCUT2D eigenvalue weighted by molar-refractivity contribution is 0.443. The van der Waals surface area contributed by atoms with Crippen molar-refractivity contribution in [2.24, 2.45) is 0 Å². The summed E-state index contributed by atoms with van der Waals surface area (Å²) in [4.78, 5) is 1.19. The molecule has 0 amide bonds. The van der Waals surface area contributed by atoms with Gasteiger partial charge < -0.3 is 0 Å². The standard InChI is InChI=1S/C10H14ClNO2S3/c1-8-7-16-9(6-11)10(8)17(13,14)12-2-4-15-5-3-12/h7H,2-6H2,1H3. The van der Waals surface area contributed by atoms with Crippen LogP contribution in [0.2, 0.25) is 0 Å². The van der Waals surface area contributed by atoms with Crippen LogP contribution < -0.4 is 0 Å². The minimum Gasteiger partial charge on any atom is -0.207 e. The number of thiophene rings is 1. The molecule has 1 aliphatic rings. The lowest BCUT2D eigenvalue weighted by atomic mass is 10.3. The van der Waals surface area contributed by atoms with Crippen LogP contribution in [0.15, 0.2) is 10.3 Å². The molecule has 0 aliphatic carbocycles. The van der Waals surface area contributed by atoms with Crippen LogP contribution in [0.1, 0.15) is 10.4 Å². The van der Waals surface area contributed by atoms with Crippen LogP contribution in [0, 0.1) is 6.92 Å². The maximum Gasteiger partial charge on any atom is 0.244 e. The molecule has 0 spiro atoms. The molecule has 0 N–H and O–H groups in total. The summed E-state index contributed by atoms with van der Waals surface area (Å²) < 4.78 is 26.6. The number of nitrogens with zero attached hydrogens (tertiary/aromatic N) is 1. The van der Waals surface area contributed by atoms with Crippen LogP contribution in [0.3, 0.4) is 0 Å². The van der Waals surface area contributed by atoms with Gasteiger partial charge in [0.25, 0.3) is 0 Å². The van der Waals surface area contributed by atoms with Crippen molar-refractivity contribution >= 4 is 44.7 Å². The first-order valence-electron chi connectivity index (χ1n) is 5.28. The van der Waals surface area contributed by atoms with Crippen molar-refractivity contribution in [3.8, 4) is 0 Å². The Bertz CT molecular complexity index is 492. The zero-order valence-corrected chi connectivity index (χ0v) is 12.7. The van der Waals surface area contributed by atoms with Gasteiger partial charge in [0, 0.05) is 29.5 Å². The van der Waals surface area contributed by atoms with E-state index in [0.29, 0.717) is 18.0 Å². The number of rotatable bonds is 3. The molecule has 0 radical (unpaired) electrons. The summed E-state index contributed by atoms with van der Waals surface area (Å²) in [5.41, 5.74) is 0.809. The maximum absolute atomic E-state index is 12.5. The number of thioether (sulfide) groups is 1. The molecule has 1 fully saturated rings. The second-order valence-electron chi connectivity index (χ2n) is 3.82. The smallest absolute Gasteiger partial charge is 0.207 e. The van der Waals surface area contributed by atoms with Crippen LogP contribution in [0.4, 0.5) is 0 Å². The summed E-state index contributed by atoms with van der Waals surface area (Å²) >= 11 is 9.03. The Morgan fingerprint density at radius 2 is 2.06 bits per heavy atom. The van der Waals surface area contributed by atoms with E-state index in [9.17, 15) is 8.42 Å². The van der Waals surface area contributed by atoms with Gasteiger partial charge in [0.1, 0.15) is 4.90 Å². The molecule has 0 saturated carbocycles. The Labute approximate surface area is 115 Å². The first kappa shape index (κ1) is 13.7. The van der Waals surface area contributed by atoms with Gasteiger partial charge in [-0.05, 0) is 17.9 Å². The number of hydrogen-bond donors (Lipinski definition) is 0. The van der Waals surface area contributed by atoms with E-state index in [-0.39, 0.29) is 5.88 Å². The van der Waals surface area contributed by atoms with Gasteiger partial charge in [-0.25, -0.2) is 8.42 Å². The molecular weight excluding hydrogens is 298 g/mol. The molecule has 17 heavy (non-hydrogen) atoms. The fourth-order valence-corrected chi connectivity index (χ4v) is 6.43. The van der Waals surface area contributed by atoms with Gasteiger partial charge >= 0.3 is 0 Å². The highest BCUT2D eigenvalue weighted by Gasteiger charge is 2.30. The quantitative estimate of drug-likeness (QED) is 0.805. The fourth-order valence-electron chi connectivity index (χ4n) is 1.84. The predicted molar refractivity (Wildman–Crippen MR) is 74.7 cm³/mol. The lowest BCUT2D eigenvalue weighted by Crippen LogP contribution is -2.38. The molecule has 2 rings (SSSR count). The average molecular weight is 312 g/mol. The van der Waals surface area contributed by atoms with Gasteiger partial charge in [-0.3, -0.25) is 0 Å². The first-order valence-corrected chi connectivity index (χ1v) is 9.29. The van der Waals surface area contributed by atoms with Crippen LogP contribution >= 0.6 is 34.7 Å². The first-order chi connectivity index (χ1) is 8.07. The SMILES string of the molecule is Cc1csc(CCl)c1S(=O)(=O)N1CCSCC1. The van der Waals surface area contributed by atoms with Crippen molar-refractivity contribution < 1.29 is 8.42 Å². The predicted octanol–water partition coefficient (Wildman–Crippen LogP) is 2.53. The van der Waals surface area contributed by atoms with Crippen LogP contribution in [-0.4, -0.2) is 37.3 Å². The van der Waals surface area contributed by atoms with Crippen molar-refractivity contribution in [2.75, 3.05) is 24.6 Å². The average Bonchev–Trinajstić information content (AvgIpc) is 2.72. The fraction of sp³-hybridized carbons (Fsp3) is 0.600. The minimum absolute atomic E-state index is 0.260. The molecule has 7 heteroatoms. The Kier molecular flexibility index (Phi) is 4.41. The number of hydrogen-bond acceptors (Lipinski definition) is 4. The van der Waals surface area contributed by atoms with Gasteiger partial charge in [-0.1, -0.05) is 0 Å².